The number of nitrogens with zero attached hydrogens (tertiary/aromatic N) is 2. The second-order valence-electron chi connectivity index (χ2n) is 11.3. The van der Waals surface area contributed by atoms with E-state index in [-0.39, 0.29) is 25.2 Å². The van der Waals surface area contributed by atoms with Crippen molar-refractivity contribution in [3.63, 3.8) is 0 Å². The quantitative estimate of drug-likeness (QED) is 0.0759. The molecule has 1 atom stereocenters. The molecular weight excluding hydrogens is 558 g/mol. The van der Waals surface area contributed by atoms with Gasteiger partial charge in [-0.25, -0.2) is 4.79 Å². The first-order chi connectivity index (χ1) is 21.4. The van der Waals surface area contributed by atoms with Crippen LogP contribution in [0.3, 0.4) is 0 Å². The van der Waals surface area contributed by atoms with Crippen LogP contribution in [-0.4, -0.2) is 40.7 Å². The zero-order valence-electron chi connectivity index (χ0n) is 26.3. The number of hydrogen-bond acceptors (Lipinski definition) is 6. The first-order valence-corrected chi connectivity index (χ1v) is 16.3. The number of ether oxygens (including phenoxy) is 1. The number of aryl methyl sites for hydroxylation is 1. The Balaban J connectivity index is 1.49. The fraction of sp³-hybridized carbons (Fsp3) is 0.571. The molecule has 44 heavy (non-hydrogen) atoms. The van der Waals surface area contributed by atoms with Crippen LogP contribution in [0.1, 0.15) is 115 Å². The molecule has 2 aromatic rings. The minimum Gasteiger partial charge on any atom is -0.494 e. The Labute approximate surface area is 262 Å². The van der Waals surface area contributed by atoms with Crippen molar-refractivity contribution in [2.45, 2.75) is 122 Å². The molecule has 0 aromatic heterocycles. The topological polar surface area (TPSA) is 138 Å². The molecule has 9 nitrogen and oxygen atoms in total. The van der Waals surface area contributed by atoms with E-state index in [1.54, 1.807) is 0 Å². The maximum absolute atomic E-state index is 12.0. The van der Waals surface area contributed by atoms with Crippen LogP contribution in [0.5, 0.6) is 5.75 Å². The normalized spacial score (nSPS) is 11.8. The minimum absolute atomic E-state index is 0.115. The number of carboxylic acid groups (broad SMARTS) is 2. The molecule has 0 aliphatic carbocycles. The number of carbonyl (C=O) groups is 3. The van der Waals surface area contributed by atoms with Gasteiger partial charge in [-0.15, -0.1) is 0 Å². The average molecular weight is 610 g/mol. The Morgan fingerprint density at radius 3 is 1.84 bits per heavy atom. The number of amides is 1. The highest BCUT2D eigenvalue weighted by Crippen LogP contribution is 2.22. The molecule has 1 amide bonds. The Morgan fingerprint density at radius 2 is 1.25 bits per heavy atom. The van der Waals surface area contributed by atoms with Crippen molar-refractivity contribution in [1.29, 1.82) is 0 Å². The van der Waals surface area contributed by atoms with Gasteiger partial charge in [-0.3, -0.25) is 9.59 Å². The summed E-state index contributed by atoms with van der Waals surface area (Å²) in [7, 11) is 0. The van der Waals surface area contributed by atoms with E-state index in [1.807, 2.05) is 36.4 Å². The maximum Gasteiger partial charge on any atom is 0.326 e. The zero-order valence-corrected chi connectivity index (χ0v) is 26.3. The highest BCUT2D eigenvalue weighted by molar-refractivity contribution is 5.83. The van der Waals surface area contributed by atoms with Gasteiger partial charge in [0.15, 0.2) is 0 Å². The first-order valence-electron chi connectivity index (χ1n) is 16.3. The minimum atomic E-state index is -1.21. The van der Waals surface area contributed by atoms with Crippen molar-refractivity contribution in [3.8, 4) is 5.75 Å². The number of hydrogen-bond donors (Lipinski definition) is 3. The third-order valence-corrected chi connectivity index (χ3v) is 7.47. The van der Waals surface area contributed by atoms with E-state index >= 15 is 0 Å². The lowest BCUT2D eigenvalue weighted by Gasteiger charge is -2.13. The van der Waals surface area contributed by atoms with E-state index in [0.717, 1.165) is 68.5 Å². The van der Waals surface area contributed by atoms with Gasteiger partial charge < -0.3 is 20.3 Å². The van der Waals surface area contributed by atoms with Crippen LogP contribution in [0, 0.1) is 0 Å². The summed E-state index contributed by atoms with van der Waals surface area (Å²) in [6, 6.07) is 14.9. The maximum atomic E-state index is 12.0. The van der Waals surface area contributed by atoms with Crippen LogP contribution in [0.4, 0.5) is 11.4 Å². The molecule has 0 spiro atoms. The highest BCUT2D eigenvalue weighted by atomic mass is 16.5. The average Bonchev–Trinajstić information content (AvgIpc) is 3.01. The summed E-state index contributed by atoms with van der Waals surface area (Å²) in [5.41, 5.74) is 2.99. The number of benzene rings is 2. The van der Waals surface area contributed by atoms with E-state index in [4.69, 9.17) is 14.9 Å². The van der Waals surface area contributed by atoms with Crippen LogP contribution in [0.25, 0.3) is 0 Å². The number of carboxylic acids is 2. The largest absolute Gasteiger partial charge is 0.494 e. The number of azo groups is 1. The third-order valence-electron chi connectivity index (χ3n) is 7.47. The Bertz CT molecular complexity index is 1120. The van der Waals surface area contributed by atoms with Gasteiger partial charge in [-0.05, 0) is 74.1 Å². The van der Waals surface area contributed by atoms with Crippen molar-refractivity contribution >= 4 is 29.2 Å². The van der Waals surface area contributed by atoms with Crippen LogP contribution in [0.15, 0.2) is 58.8 Å². The third kappa shape index (κ3) is 17.4. The lowest BCUT2D eigenvalue weighted by atomic mass is 10.1. The molecule has 2 rings (SSSR count). The van der Waals surface area contributed by atoms with Gasteiger partial charge in [0.25, 0.3) is 0 Å². The van der Waals surface area contributed by atoms with Crippen molar-refractivity contribution in [2.24, 2.45) is 10.2 Å². The van der Waals surface area contributed by atoms with Crippen LogP contribution >= 0.6 is 0 Å². The molecule has 9 heteroatoms. The Morgan fingerprint density at radius 1 is 0.705 bits per heavy atom. The standard InChI is InChI=1S/C35H51N3O6/c1-2-3-4-9-12-15-28-17-19-29(20-18-28)37-38-30-21-23-31(24-22-30)44-27-14-11-8-6-5-7-10-13-16-33(39)36-32(35(42)43)25-26-34(40)41/h17-24,32H,2-16,25-27H2,1H3,(H,36,39)(H,40,41)(H,42,43)/t32-/m0/s1. The Hall–Kier alpha value is -3.75. The second-order valence-corrected chi connectivity index (χ2v) is 11.3. The van der Waals surface area contributed by atoms with Crippen molar-refractivity contribution < 1.29 is 29.3 Å². The van der Waals surface area contributed by atoms with Crippen molar-refractivity contribution in [2.75, 3.05) is 6.61 Å². The van der Waals surface area contributed by atoms with Gasteiger partial charge in [-0.1, -0.05) is 83.3 Å². The van der Waals surface area contributed by atoms with Crippen molar-refractivity contribution in [1.82, 2.24) is 5.32 Å². The molecule has 0 bridgehead atoms. The Kier molecular flexibility index (Phi) is 18.8. The van der Waals surface area contributed by atoms with E-state index in [1.165, 1.54) is 37.7 Å². The molecule has 0 saturated heterocycles. The number of carbonyl (C=O) groups excluding carboxylic acids is 1. The zero-order chi connectivity index (χ0) is 31.8. The van der Waals surface area contributed by atoms with E-state index < -0.39 is 18.0 Å². The van der Waals surface area contributed by atoms with Crippen LogP contribution in [0.2, 0.25) is 0 Å². The fourth-order valence-electron chi connectivity index (χ4n) is 4.82. The predicted octanol–water partition coefficient (Wildman–Crippen LogP) is 8.94. The van der Waals surface area contributed by atoms with Gasteiger partial charge in [0.1, 0.15) is 11.8 Å². The molecule has 2 aromatic carbocycles. The summed E-state index contributed by atoms with van der Waals surface area (Å²) >= 11 is 0. The first kappa shape index (κ1) is 36.4. The summed E-state index contributed by atoms with van der Waals surface area (Å²) < 4.78 is 5.87. The van der Waals surface area contributed by atoms with Gasteiger partial charge in [0, 0.05) is 12.8 Å². The highest BCUT2D eigenvalue weighted by Gasteiger charge is 2.20. The summed E-state index contributed by atoms with van der Waals surface area (Å²) in [6.45, 7) is 2.91. The predicted molar refractivity (Wildman–Crippen MR) is 173 cm³/mol. The summed E-state index contributed by atoms with van der Waals surface area (Å²) in [4.78, 5) is 33.7. The number of unbranched alkanes of at least 4 members (excludes halogenated alkanes) is 11. The van der Waals surface area contributed by atoms with Crippen LogP contribution in [-0.2, 0) is 20.8 Å². The monoisotopic (exact) mass is 609 g/mol. The molecule has 0 radical (unpaired) electrons. The molecule has 0 saturated carbocycles. The van der Waals surface area contributed by atoms with Gasteiger partial charge >= 0.3 is 11.9 Å². The van der Waals surface area contributed by atoms with Gasteiger partial charge in [0.05, 0.1) is 18.0 Å². The van der Waals surface area contributed by atoms with Gasteiger partial charge in [-0.2, -0.15) is 10.2 Å². The smallest absolute Gasteiger partial charge is 0.326 e. The molecule has 0 unspecified atom stereocenters. The second kappa shape index (κ2) is 22.7. The number of rotatable bonds is 25. The number of aliphatic carboxylic acids is 2. The lowest BCUT2D eigenvalue weighted by Crippen LogP contribution is -2.41. The molecular formula is C35H51N3O6. The summed E-state index contributed by atoms with van der Waals surface area (Å²) in [5, 5.41) is 28.9. The molecule has 0 heterocycles. The summed E-state index contributed by atoms with van der Waals surface area (Å²) in [5.74, 6) is -1.80. The summed E-state index contributed by atoms with van der Waals surface area (Å²) in [6.07, 6.45) is 15.5. The molecule has 242 valence electrons. The SMILES string of the molecule is CCCCCCCc1ccc(N=Nc2ccc(OCCCCCCCCCCC(=O)N[C@@H](CCC(=O)O)C(=O)O)cc2)cc1. The number of nitrogens with one attached hydrogen (secondary N) is 1. The van der Waals surface area contributed by atoms with Gasteiger partial charge in [0.2, 0.25) is 5.91 Å². The molecule has 0 fully saturated rings. The molecule has 0 aliphatic rings. The van der Waals surface area contributed by atoms with Crippen molar-refractivity contribution in [3.05, 3.63) is 54.1 Å². The van der Waals surface area contributed by atoms with Crippen LogP contribution < -0.4 is 10.1 Å². The van der Waals surface area contributed by atoms with E-state index in [9.17, 15) is 14.4 Å². The lowest BCUT2D eigenvalue weighted by molar-refractivity contribution is -0.143. The van der Waals surface area contributed by atoms with E-state index in [0.29, 0.717) is 13.0 Å². The molecule has 0 aliphatic heterocycles. The van der Waals surface area contributed by atoms with E-state index in [2.05, 4.69) is 34.6 Å². The molecule has 3 N–H and O–H groups in total. The fourth-order valence-corrected chi connectivity index (χ4v) is 4.82.